The number of hydrogen-bond donors (Lipinski definition) is 2. The highest BCUT2D eigenvalue weighted by Crippen LogP contribution is 2.33. The zero-order chi connectivity index (χ0) is 14.4. The number of nitrogens with two attached hydrogens (primary N) is 1. The van der Waals surface area contributed by atoms with Crippen molar-refractivity contribution in [2.24, 2.45) is 5.84 Å². The van der Waals surface area contributed by atoms with E-state index < -0.39 is 0 Å². The van der Waals surface area contributed by atoms with E-state index in [1.807, 2.05) is 0 Å². The molecule has 1 aromatic carbocycles. The number of rotatable bonds is 4. The lowest BCUT2D eigenvalue weighted by molar-refractivity contribution is 0.402. The lowest BCUT2D eigenvalue weighted by Gasteiger charge is -2.24. The minimum absolute atomic E-state index is 0.0589. The van der Waals surface area contributed by atoms with Crippen LogP contribution < -0.4 is 16.0 Å². The van der Waals surface area contributed by atoms with E-state index in [1.54, 1.807) is 7.11 Å². The molecule has 0 amide bonds. The summed E-state index contributed by atoms with van der Waals surface area (Å²) < 4.78 is 5.53. The standard InChI is InChI=1S/C17H26N2O/c1-13-10-11-15(16(12-13)20-2)17(19-18)14-8-6-4-3-5-7-9-14/h8,10-12,17,19H,3-7,9,18H2,1-2H3/b14-8+. The predicted octanol–water partition coefficient (Wildman–Crippen LogP) is 3.79. The van der Waals surface area contributed by atoms with Crippen molar-refractivity contribution in [3.8, 4) is 5.75 Å². The van der Waals surface area contributed by atoms with Crippen LogP contribution in [0.1, 0.15) is 55.7 Å². The molecule has 1 atom stereocenters. The number of hydrazine groups is 1. The molecule has 0 spiro atoms. The smallest absolute Gasteiger partial charge is 0.124 e. The molecule has 20 heavy (non-hydrogen) atoms. The topological polar surface area (TPSA) is 47.3 Å². The molecule has 0 fully saturated rings. The summed E-state index contributed by atoms with van der Waals surface area (Å²) in [5, 5.41) is 0. The van der Waals surface area contributed by atoms with E-state index in [0.29, 0.717) is 0 Å². The van der Waals surface area contributed by atoms with Crippen molar-refractivity contribution in [1.29, 1.82) is 0 Å². The van der Waals surface area contributed by atoms with Gasteiger partial charge in [-0.05, 0) is 44.2 Å². The number of aryl methyl sites for hydroxylation is 1. The molecule has 1 aliphatic rings. The van der Waals surface area contributed by atoms with Crippen LogP contribution in [0.15, 0.2) is 29.8 Å². The minimum atomic E-state index is 0.0589. The van der Waals surface area contributed by atoms with E-state index in [1.165, 1.54) is 36.8 Å². The molecule has 0 saturated carbocycles. The normalized spacial score (nSPS) is 20.4. The Kier molecular flexibility index (Phi) is 5.62. The van der Waals surface area contributed by atoms with Gasteiger partial charge in [-0.1, -0.05) is 36.6 Å². The number of allylic oxidation sites excluding steroid dienone is 1. The average molecular weight is 274 g/mol. The SMILES string of the molecule is COc1cc(C)ccc1C(NN)/C1=C/CCCCCC1. The van der Waals surface area contributed by atoms with Crippen molar-refractivity contribution in [2.45, 2.75) is 51.5 Å². The third-order valence-electron chi connectivity index (χ3n) is 4.06. The summed E-state index contributed by atoms with van der Waals surface area (Å²) in [5.74, 6) is 6.75. The summed E-state index contributed by atoms with van der Waals surface area (Å²) in [6, 6.07) is 6.37. The van der Waals surface area contributed by atoms with Gasteiger partial charge in [0.1, 0.15) is 5.75 Å². The fourth-order valence-electron chi connectivity index (χ4n) is 2.93. The second kappa shape index (κ2) is 7.46. The van der Waals surface area contributed by atoms with Crippen LogP contribution in [-0.4, -0.2) is 7.11 Å². The number of hydrogen-bond acceptors (Lipinski definition) is 3. The lowest BCUT2D eigenvalue weighted by atomic mass is 9.90. The Morgan fingerprint density at radius 3 is 2.75 bits per heavy atom. The van der Waals surface area contributed by atoms with Gasteiger partial charge in [-0.15, -0.1) is 0 Å². The summed E-state index contributed by atoms with van der Waals surface area (Å²) in [7, 11) is 1.72. The first-order valence-electron chi connectivity index (χ1n) is 7.56. The van der Waals surface area contributed by atoms with Crippen molar-refractivity contribution in [2.75, 3.05) is 7.11 Å². The fraction of sp³-hybridized carbons (Fsp3) is 0.529. The van der Waals surface area contributed by atoms with E-state index in [2.05, 4.69) is 36.6 Å². The molecule has 0 bridgehead atoms. The van der Waals surface area contributed by atoms with Crippen molar-refractivity contribution < 1.29 is 4.74 Å². The lowest BCUT2D eigenvalue weighted by Crippen LogP contribution is -2.30. The van der Waals surface area contributed by atoms with Crippen LogP contribution in [0.4, 0.5) is 0 Å². The van der Waals surface area contributed by atoms with E-state index in [-0.39, 0.29) is 6.04 Å². The second-order valence-corrected chi connectivity index (χ2v) is 5.58. The number of benzene rings is 1. The Bertz CT molecular complexity index is 468. The van der Waals surface area contributed by atoms with Crippen LogP contribution in [0.5, 0.6) is 5.75 Å². The number of ether oxygens (including phenoxy) is 1. The fourth-order valence-corrected chi connectivity index (χ4v) is 2.93. The van der Waals surface area contributed by atoms with Crippen LogP contribution >= 0.6 is 0 Å². The highest BCUT2D eigenvalue weighted by molar-refractivity contribution is 5.42. The Morgan fingerprint density at radius 1 is 1.20 bits per heavy atom. The summed E-state index contributed by atoms with van der Waals surface area (Å²) in [5.41, 5.74) is 6.71. The third-order valence-corrected chi connectivity index (χ3v) is 4.06. The first kappa shape index (κ1) is 15.1. The largest absolute Gasteiger partial charge is 0.496 e. The molecule has 2 rings (SSSR count). The first-order chi connectivity index (χ1) is 9.76. The third kappa shape index (κ3) is 3.62. The van der Waals surface area contributed by atoms with Crippen LogP contribution in [-0.2, 0) is 0 Å². The molecular formula is C17H26N2O. The highest BCUT2D eigenvalue weighted by atomic mass is 16.5. The van der Waals surface area contributed by atoms with Gasteiger partial charge in [0, 0.05) is 5.56 Å². The molecule has 0 aromatic heterocycles. The first-order valence-corrected chi connectivity index (χ1v) is 7.56. The Morgan fingerprint density at radius 2 is 2.00 bits per heavy atom. The molecule has 3 N–H and O–H groups in total. The number of nitrogens with one attached hydrogen (secondary N) is 1. The van der Waals surface area contributed by atoms with Crippen molar-refractivity contribution >= 4 is 0 Å². The van der Waals surface area contributed by atoms with Crippen LogP contribution in [0.3, 0.4) is 0 Å². The molecular weight excluding hydrogens is 248 g/mol. The Labute approximate surface area is 122 Å². The zero-order valence-electron chi connectivity index (χ0n) is 12.6. The Balaban J connectivity index is 2.31. The predicted molar refractivity (Wildman–Crippen MR) is 83.6 cm³/mol. The van der Waals surface area contributed by atoms with Crippen molar-refractivity contribution in [3.05, 3.63) is 41.0 Å². The molecule has 1 unspecified atom stereocenters. The molecule has 3 heteroatoms. The van der Waals surface area contributed by atoms with Gasteiger partial charge in [-0.3, -0.25) is 5.84 Å². The Hall–Kier alpha value is -1.32. The summed E-state index contributed by atoms with van der Waals surface area (Å²) >= 11 is 0. The molecule has 3 nitrogen and oxygen atoms in total. The van der Waals surface area contributed by atoms with Gasteiger partial charge in [0.05, 0.1) is 13.2 Å². The van der Waals surface area contributed by atoms with Crippen LogP contribution in [0.2, 0.25) is 0 Å². The molecule has 0 heterocycles. The van der Waals surface area contributed by atoms with Crippen molar-refractivity contribution in [3.63, 3.8) is 0 Å². The number of methoxy groups -OCH3 is 1. The van der Waals surface area contributed by atoms with E-state index >= 15 is 0 Å². The molecule has 0 saturated heterocycles. The van der Waals surface area contributed by atoms with Gasteiger partial charge in [-0.2, -0.15) is 0 Å². The van der Waals surface area contributed by atoms with Gasteiger partial charge in [-0.25, -0.2) is 5.43 Å². The van der Waals surface area contributed by atoms with E-state index in [9.17, 15) is 0 Å². The second-order valence-electron chi connectivity index (χ2n) is 5.58. The maximum Gasteiger partial charge on any atom is 0.124 e. The monoisotopic (exact) mass is 274 g/mol. The summed E-state index contributed by atoms with van der Waals surface area (Å²) in [6.45, 7) is 2.08. The molecule has 0 aliphatic heterocycles. The molecule has 0 radical (unpaired) electrons. The van der Waals surface area contributed by atoms with Crippen LogP contribution in [0, 0.1) is 6.92 Å². The van der Waals surface area contributed by atoms with Gasteiger partial charge in [0.2, 0.25) is 0 Å². The van der Waals surface area contributed by atoms with Crippen LogP contribution in [0.25, 0.3) is 0 Å². The van der Waals surface area contributed by atoms with Gasteiger partial charge in [0.25, 0.3) is 0 Å². The maximum atomic E-state index is 5.84. The van der Waals surface area contributed by atoms with Gasteiger partial charge in [0.15, 0.2) is 0 Å². The zero-order valence-corrected chi connectivity index (χ0v) is 12.6. The quantitative estimate of drug-likeness (QED) is 0.499. The minimum Gasteiger partial charge on any atom is -0.496 e. The highest BCUT2D eigenvalue weighted by Gasteiger charge is 2.19. The summed E-state index contributed by atoms with van der Waals surface area (Å²) in [6.07, 6.45) is 9.83. The van der Waals surface area contributed by atoms with Gasteiger partial charge >= 0.3 is 0 Å². The van der Waals surface area contributed by atoms with E-state index in [4.69, 9.17) is 10.6 Å². The molecule has 1 aliphatic carbocycles. The van der Waals surface area contributed by atoms with Gasteiger partial charge < -0.3 is 4.74 Å². The molecule has 110 valence electrons. The molecule has 1 aromatic rings. The van der Waals surface area contributed by atoms with E-state index in [0.717, 1.165) is 24.2 Å². The average Bonchev–Trinajstić information content (AvgIpc) is 2.42. The van der Waals surface area contributed by atoms with Crippen molar-refractivity contribution in [1.82, 2.24) is 5.43 Å². The maximum absolute atomic E-state index is 5.84. The summed E-state index contributed by atoms with van der Waals surface area (Å²) in [4.78, 5) is 0.